The molecule has 1 amide bonds. The number of nitrogens with zero attached hydrogens (tertiary/aromatic N) is 1. The van der Waals surface area contributed by atoms with Gasteiger partial charge in [-0.05, 0) is 31.5 Å². The molecule has 1 aromatic rings. The molecule has 0 bridgehead atoms. The number of aliphatic carboxylic acids is 1. The molecule has 102 valence electrons. The molecular formula is C13H13ClFNO3. The van der Waals surface area contributed by atoms with Gasteiger partial charge in [0.15, 0.2) is 0 Å². The van der Waals surface area contributed by atoms with E-state index in [0.29, 0.717) is 13.0 Å². The Bertz CT molecular complexity index is 549. The summed E-state index contributed by atoms with van der Waals surface area (Å²) in [7, 11) is 0. The highest BCUT2D eigenvalue weighted by Crippen LogP contribution is 2.32. The van der Waals surface area contributed by atoms with E-state index in [2.05, 4.69) is 0 Å². The number of carbonyl (C=O) groups excluding carboxylic acids is 1. The maximum atomic E-state index is 12.9. The second-order valence-electron chi connectivity index (χ2n) is 4.97. The molecule has 0 spiro atoms. The molecule has 6 heteroatoms. The third-order valence-electron chi connectivity index (χ3n) is 3.44. The van der Waals surface area contributed by atoms with Crippen molar-refractivity contribution >= 4 is 23.5 Å². The maximum absolute atomic E-state index is 12.9. The largest absolute Gasteiger partial charge is 0.481 e. The highest BCUT2D eigenvalue weighted by atomic mass is 35.5. The first-order chi connectivity index (χ1) is 8.83. The van der Waals surface area contributed by atoms with E-state index in [-0.39, 0.29) is 23.0 Å². The van der Waals surface area contributed by atoms with Gasteiger partial charge in [0.25, 0.3) is 5.91 Å². The minimum atomic E-state index is -0.928. The molecule has 0 saturated carbocycles. The summed E-state index contributed by atoms with van der Waals surface area (Å²) in [6.07, 6.45) is 0.396. The van der Waals surface area contributed by atoms with Crippen LogP contribution in [-0.2, 0) is 4.79 Å². The van der Waals surface area contributed by atoms with Gasteiger partial charge in [-0.25, -0.2) is 4.39 Å². The van der Waals surface area contributed by atoms with Gasteiger partial charge in [0.05, 0.1) is 16.0 Å². The first-order valence-electron chi connectivity index (χ1n) is 5.81. The predicted molar refractivity (Wildman–Crippen MR) is 67.7 cm³/mol. The van der Waals surface area contributed by atoms with Crippen LogP contribution in [0.4, 0.5) is 4.39 Å². The highest BCUT2D eigenvalue weighted by Gasteiger charge is 2.42. The van der Waals surface area contributed by atoms with Crippen LogP contribution in [0.3, 0.4) is 0 Å². The first kappa shape index (κ1) is 13.8. The van der Waals surface area contributed by atoms with Crippen molar-refractivity contribution in [2.45, 2.75) is 13.3 Å². The number of hydrogen-bond donors (Lipinski definition) is 1. The Balaban J connectivity index is 2.20. The molecular weight excluding hydrogens is 273 g/mol. The molecule has 1 heterocycles. The first-order valence-corrected chi connectivity index (χ1v) is 6.19. The molecule has 0 aromatic heterocycles. The fourth-order valence-electron chi connectivity index (χ4n) is 2.14. The molecule has 1 atom stereocenters. The quantitative estimate of drug-likeness (QED) is 0.908. The van der Waals surface area contributed by atoms with Crippen LogP contribution in [0.5, 0.6) is 0 Å². The van der Waals surface area contributed by atoms with Crippen LogP contribution in [0.1, 0.15) is 23.7 Å². The van der Waals surface area contributed by atoms with E-state index >= 15 is 0 Å². The average Bonchev–Trinajstić information content (AvgIpc) is 2.73. The lowest BCUT2D eigenvalue weighted by Crippen LogP contribution is -2.35. The van der Waals surface area contributed by atoms with Gasteiger partial charge in [0, 0.05) is 13.1 Å². The van der Waals surface area contributed by atoms with Gasteiger partial charge < -0.3 is 10.0 Å². The molecule has 1 saturated heterocycles. The van der Waals surface area contributed by atoms with Crippen LogP contribution in [0.25, 0.3) is 0 Å². The topological polar surface area (TPSA) is 57.6 Å². The van der Waals surface area contributed by atoms with Crippen molar-refractivity contribution in [3.8, 4) is 0 Å². The van der Waals surface area contributed by atoms with Gasteiger partial charge in [-0.15, -0.1) is 0 Å². The smallest absolute Gasteiger partial charge is 0.311 e. The lowest BCUT2D eigenvalue weighted by molar-refractivity contribution is -0.147. The molecule has 0 aliphatic carbocycles. The van der Waals surface area contributed by atoms with Crippen molar-refractivity contribution in [1.29, 1.82) is 0 Å². The summed E-state index contributed by atoms with van der Waals surface area (Å²) in [5, 5.41) is 9.16. The summed E-state index contributed by atoms with van der Waals surface area (Å²) in [4.78, 5) is 24.8. The molecule has 1 aromatic carbocycles. The summed E-state index contributed by atoms with van der Waals surface area (Å²) in [6, 6.07) is 3.54. The van der Waals surface area contributed by atoms with Crippen molar-refractivity contribution in [1.82, 2.24) is 4.90 Å². The van der Waals surface area contributed by atoms with Gasteiger partial charge >= 0.3 is 5.97 Å². The maximum Gasteiger partial charge on any atom is 0.311 e. The molecule has 4 nitrogen and oxygen atoms in total. The SMILES string of the molecule is CC1(C(=O)O)CCN(C(=O)c2ccc(F)cc2Cl)C1. The van der Waals surface area contributed by atoms with E-state index in [4.69, 9.17) is 16.7 Å². The monoisotopic (exact) mass is 285 g/mol. The molecule has 1 aliphatic heterocycles. The third kappa shape index (κ3) is 2.56. The van der Waals surface area contributed by atoms with Crippen LogP contribution in [0, 0.1) is 11.2 Å². The predicted octanol–water partition coefficient (Wildman–Crippen LogP) is 2.42. The molecule has 1 aliphatic rings. The Morgan fingerprint density at radius 2 is 2.16 bits per heavy atom. The number of carboxylic acid groups (broad SMARTS) is 1. The molecule has 1 fully saturated rings. The van der Waals surface area contributed by atoms with E-state index < -0.39 is 17.2 Å². The second kappa shape index (κ2) is 4.81. The number of carbonyl (C=O) groups is 2. The molecule has 19 heavy (non-hydrogen) atoms. The Morgan fingerprint density at radius 1 is 1.47 bits per heavy atom. The third-order valence-corrected chi connectivity index (χ3v) is 3.75. The zero-order chi connectivity index (χ0) is 14.2. The standard InChI is InChI=1S/C13H13ClFNO3/c1-13(12(18)19)4-5-16(7-13)11(17)9-3-2-8(15)6-10(9)14/h2-3,6H,4-5,7H2,1H3,(H,18,19). The van der Waals surface area contributed by atoms with Crippen LogP contribution in [0.15, 0.2) is 18.2 Å². The van der Waals surface area contributed by atoms with Gasteiger partial charge in [-0.1, -0.05) is 11.6 Å². The Morgan fingerprint density at radius 3 is 2.68 bits per heavy atom. The van der Waals surface area contributed by atoms with Crippen LogP contribution in [-0.4, -0.2) is 35.0 Å². The van der Waals surface area contributed by atoms with Crippen molar-refractivity contribution in [2.75, 3.05) is 13.1 Å². The fourth-order valence-corrected chi connectivity index (χ4v) is 2.39. The fraction of sp³-hybridized carbons (Fsp3) is 0.385. The van der Waals surface area contributed by atoms with Crippen LogP contribution >= 0.6 is 11.6 Å². The normalized spacial score (nSPS) is 22.6. The molecule has 1 N–H and O–H groups in total. The number of rotatable bonds is 2. The number of halogens is 2. The lowest BCUT2D eigenvalue weighted by atomic mass is 9.90. The van der Waals surface area contributed by atoms with E-state index in [1.165, 1.54) is 11.0 Å². The lowest BCUT2D eigenvalue weighted by Gasteiger charge is -2.20. The number of hydrogen-bond acceptors (Lipinski definition) is 2. The second-order valence-corrected chi connectivity index (χ2v) is 5.37. The summed E-state index contributed by atoms with van der Waals surface area (Å²) < 4.78 is 12.9. The van der Waals surface area contributed by atoms with Gasteiger partial charge in [0.2, 0.25) is 0 Å². The van der Waals surface area contributed by atoms with Crippen molar-refractivity contribution < 1.29 is 19.1 Å². The minimum Gasteiger partial charge on any atom is -0.481 e. The number of benzene rings is 1. The average molecular weight is 286 g/mol. The molecule has 2 rings (SSSR count). The minimum absolute atomic E-state index is 0.0360. The van der Waals surface area contributed by atoms with Crippen molar-refractivity contribution in [3.05, 3.63) is 34.6 Å². The highest BCUT2D eigenvalue weighted by molar-refractivity contribution is 6.33. The zero-order valence-electron chi connectivity index (χ0n) is 10.3. The number of carboxylic acids is 1. The number of amides is 1. The van der Waals surface area contributed by atoms with E-state index in [1.807, 2.05) is 0 Å². The Kier molecular flexibility index (Phi) is 3.49. The summed E-state index contributed by atoms with van der Waals surface area (Å²) in [5.74, 6) is -1.80. The van der Waals surface area contributed by atoms with Crippen LogP contribution in [0.2, 0.25) is 5.02 Å². The number of likely N-dealkylation sites (tertiary alicyclic amines) is 1. The summed E-state index contributed by atoms with van der Waals surface area (Å²) in [5.41, 5.74) is -0.736. The van der Waals surface area contributed by atoms with E-state index in [1.54, 1.807) is 6.92 Å². The van der Waals surface area contributed by atoms with Crippen LogP contribution < -0.4 is 0 Å². The van der Waals surface area contributed by atoms with E-state index in [0.717, 1.165) is 12.1 Å². The van der Waals surface area contributed by atoms with Crippen molar-refractivity contribution in [3.63, 3.8) is 0 Å². The van der Waals surface area contributed by atoms with Gasteiger partial charge in [-0.2, -0.15) is 0 Å². The Labute approximate surface area is 114 Å². The molecule has 0 radical (unpaired) electrons. The van der Waals surface area contributed by atoms with Crippen molar-refractivity contribution in [2.24, 2.45) is 5.41 Å². The Hall–Kier alpha value is -1.62. The van der Waals surface area contributed by atoms with Gasteiger partial charge in [-0.3, -0.25) is 9.59 Å². The summed E-state index contributed by atoms with van der Waals surface area (Å²) >= 11 is 5.83. The molecule has 1 unspecified atom stereocenters. The summed E-state index contributed by atoms with van der Waals surface area (Å²) in [6.45, 7) is 2.10. The van der Waals surface area contributed by atoms with Gasteiger partial charge in [0.1, 0.15) is 5.82 Å². The van der Waals surface area contributed by atoms with E-state index in [9.17, 15) is 14.0 Å². The zero-order valence-corrected chi connectivity index (χ0v) is 11.1.